The van der Waals surface area contributed by atoms with Crippen molar-refractivity contribution in [1.82, 2.24) is 9.97 Å². The molecule has 0 aliphatic rings. The van der Waals surface area contributed by atoms with Gasteiger partial charge in [0, 0.05) is 22.8 Å². The van der Waals surface area contributed by atoms with Crippen molar-refractivity contribution in [3.8, 4) is 0 Å². The molecular formula is C14H9Cl2N3O. The van der Waals surface area contributed by atoms with Crippen LogP contribution >= 0.6 is 23.2 Å². The molecule has 0 spiro atoms. The number of rotatable bonds is 2. The second-order valence-corrected chi connectivity index (χ2v) is 4.99. The van der Waals surface area contributed by atoms with Crippen molar-refractivity contribution in [2.75, 3.05) is 5.32 Å². The maximum Gasteiger partial charge on any atom is 0.275 e. The number of carbonyl (C=O) groups is 1. The minimum absolute atomic E-state index is 0.105. The highest BCUT2D eigenvalue weighted by atomic mass is 35.5. The fraction of sp³-hybridized carbons (Fsp3) is 0. The smallest absolute Gasteiger partial charge is 0.275 e. The molecule has 3 rings (SSSR count). The number of nitrogens with one attached hydrogen (secondary N) is 2. The highest BCUT2D eigenvalue weighted by Crippen LogP contribution is 2.21. The molecule has 2 heterocycles. The summed E-state index contributed by atoms with van der Waals surface area (Å²) in [5, 5.41) is 4.24. The van der Waals surface area contributed by atoms with Crippen LogP contribution in [-0.2, 0) is 0 Å². The van der Waals surface area contributed by atoms with Gasteiger partial charge in [-0.25, -0.2) is 4.98 Å². The van der Waals surface area contributed by atoms with E-state index in [9.17, 15) is 4.79 Å². The summed E-state index contributed by atoms with van der Waals surface area (Å²) in [5.74, 6) is -0.396. The van der Waals surface area contributed by atoms with Crippen LogP contribution in [0.2, 0.25) is 10.2 Å². The number of benzene rings is 1. The predicted molar refractivity (Wildman–Crippen MR) is 80.5 cm³/mol. The maximum atomic E-state index is 12.1. The van der Waals surface area contributed by atoms with E-state index in [0.717, 1.165) is 10.9 Å². The van der Waals surface area contributed by atoms with Gasteiger partial charge in [-0.2, -0.15) is 0 Å². The van der Waals surface area contributed by atoms with Gasteiger partial charge in [0.25, 0.3) is 5.91 Å². The van der Waals surface area contributed by atoms with Crippen LogP contribution in [-0.4, -0.2) is 15.9 Å². The summed E-state index contributed by atoms with van der Waals surface area (Å²) in [6.07, 6.45) is 1.84. The largest absolute Gasteiger partial charge is 0.361 e. The normalized spacial score (nSPS) is 10.7. The third-order valence-electron chi connectivity index (χ3n) is 2.84. The standard InChI is InChI=1S/C14H9Cl2N3O/c15-10-2-4-12(16)19-13(10)14(20)18-9-1-3-11-8(7-9)5-6-17-11/h1-7,17H,(H,18,20). The highest BCUT2D eigenvalue weighted by Gasteiger charge is 2.13. The maximum absolute atomic E-state index is 12.1. The van der Waals surface area contributed by atoms with Gasteiger partial charge >= 0.3 is 0 Å². The van der Waals surface area contributed by atoms with E-state index in [-0.39, 0.29) is 15.9 Å². The van der Waals surface area contributed by atoms with Crippen LogP contribution in [0.15, 0.2) is 42.6 Å². The molecule has 0 saturated carbocycles. The average Bonchev–Trinajstić information content (AvgIpc) is 2.89. The lowest BCUT2D eigenvalue weighted by Crippen LogP contribution is -2.14. The van der Waals surface area contributed by atoms with Crippen LogP contribution in [0, 0.1) is 0 Å². The van der Waals surface area contributed by atoms with Crippen LogP contribution in [0.4, 0.5) is 5.69 Å². The quantitative estimate of drug-likeness (QED) is 0.700. The molecule has 0 unspecified atom stereocenters. The average molecular weight is 306 g/mol. The first-order valence-corrected chi connectivity index (χ1v) is 6.59. The fourth-order valence-electron chi connectivity index (χ4n) is 1.90. The van der Waals surface area contributed by atoms with Crippen LogP contribution in [0.5, 0.6) is 0 Å². The number of anilines is 1. The first kappa shape index (κ1) is 13.0. The van der Waals surface area contributed by atoms with Gasteiger partial charge in [0.2, 0.25) is 0 Å². The molecule has 2 N–H and O–H groups in total. The Morgan fingerprint density at radius 1 is 1.15 bits per heavy atom. The number of hydrogen-bond acceptors (Lipinski definition) is 2. The molecular weight excluding hydrogens is 297 g/mol. The number of pyridine rings is 1. The van der Waals surface area contributed by atoms with Gasteiger partial charge in [0.15, 0.2) is 0 Å². The van der Waals surface area contributed by atoms with Gasteiger partial charge in [-0.3, -0.25) is 4.79 Å². The Kier molecular flexibility index (Phi) is 3.34. The molecule has 0 aliphatic heterocycles. The third-order valence-corrected chi connectivity index (χ3v) is 3.35. The number of nitrogens with zero attached hydrogens (tertiary/aromatic N) is 1. The van der Waals surface area contributed by atoms with Crippen molar-refractivity contribution < 1.29 is 4.79 Å². The Morgan fingerprint density at radius 3 is 2.85 bits per heavy atom. The van der Waals surface area contributed by atoms with E-state index < -0.39 is 5.91 Å². The van der Waals surface area contributed by atoms with Crippen LogP contribution in [0.3, 0.4) is 0 Å². The number of halogens is 2. The molecule has 0 fully saturated rings. The zero-order valence-electron chi connectivity index (χ0n) is 10.2. The van der Waals surface area contributed by atoms with Crippen molar-refractivity contribution in [2.45, 2.75) is 0 Å². The van der Waals surface area contributed by atoms with Crippen molar-refractivity contribution in [3.05, 3.63) is 58.5 Å². The summed E-state index contributed by atoms with van der Waals surface area (Å²) in [4.78, 5) is 19.2. The lowest BCUT2D eigenvalue weighted by atomic mass is 10.2. The van der Waals surface area contributed by atoms with Crippen LogP contribution < -0.4 is 5.32 Å². The summed E-state index contributed by atoms with van der Waals surface area (Å²) in [7, 11) is 0. The molecule has 100 valence electrons. The van der Waals surface area contributed by atoms with E-state index in [0.29, 0.717) is 5.69 Å². The molecule has 1 amide bonds. The molecule has 3 aromatic rings. The van der Waals surface area contributed by atoms with E-state index in [1.807, 2.05) is 24.4 Å². The van der Waals surface area contributed by atoms with Crippen molar-refractivity contribution in [2.24, 2.45) is 0 Å². The van der Waals surface area contributed by atoms with E-state index in [4.69, 9.17) is 23.2 Å². The summed E-state index contributed by atoms with van der Waals surface area (Å²) >= 11 is 11.7. The number of aromatic nitrogens is 2. The molecule has 1 aromatic carbocycles. The molecule has 4 nitrogen and oxygen atoms in total. The van der Waals surface area contributed by atoms with E-state index in [1.54, 1.807) is 12.1 Å². The monoisotopic (exact) mass is 305 g/mol. The number of amides is 1. The summed E-state index contributed by atoms with van der Waals surface area (Å²) < 4.78 is 0. The molecule has 2 aromatic heterocycles. The highest BCUT2D eigenvalue weighted by molar-refractivity contribution is 6.35. The second-order valence-electron chi connectivity index (χ2n) is 4.20. The van der Waals surface area contributed by atoms with Gasteiger partial charge in [-0.15, -0.1) is 0 Å². The molecule has 0 aliphatic carbocycles. The summed E-state index contributed by atoms with van der Waals surface area (Å²) in [5.41, 5.74) is 1.77. The van der Waals surface area contributed by atoms with Crippen molar-refractivity contribution >= 4 is 45.7 Å². The molecule has 6 heteroatoms. The van der Waals surface area contributed by atoms with Crippen molar-refractivity contribution in [3.63, 3.8) is 0 Å². The zero-order chi connectivity index (χ0) is 14.1. The van der Waals surface area contributed by atoms with Gasteiger partial charge in [0.05, 0.1) is 5.02 Å². The first-order chi connectivity index (χ1) is 9.63. The molecule has 0 radical (unpaired) electrons. The molecule has 20 heavy (non-hydrogen) atoms. The lowest BCUT2D eigenvalue weighted by Gasteiger charge is -2.06. The number of hydrogen-bond donors (Lipinski definition) is 2. The van der Waals surface area contributed by atoms with E-state index >= 15 is 0 Å². The Bertz CT molecular complexity index is 798. The Balaban J connectivity index is 1.89. The second kappa shape index (κ2) is 5.15. The van der Waals surface area contributed by atoms with E-state index in [1.165, 1.54) is 6.07 Å². The zero-order valence-corrected chi connectivity index (χ0v) is 11.7. The topological polar surface area (TPSA) is 57.8 Å². The third kappa shape index (κ3) is 2.48. The Labute approximate surface area is 124 Å². The van der Waals surface area contributed by atoms with Gasteiger partial charge in [-0.05, 0) is 36.4 Å². The summed E-state index contributed by atoms with van der Waals surface area (Å²) in [6.45, 7) is 0. The molecule has 0 atom stereocenters. The van der Waals surface area contributed by atoms with Crippen LogP contribution in [0.25, 0.3) is 10.9 Å². The number of H-pyrrole nitrogens is 1. The Morgan fingerprint density at radius 2 is 2.00 bits per heavy atom. The van der Waals surface area contributed by atoms with Crippen LogP contribution in [0.1, 0.15) is 10.5 Å². The number of carbonyl (C=O) groups excluding carboxylic acids is 1. The van der Waals surface area contributed by atoms with Gasteiger partial charge in [-0.1, -0.05) is 23.2 Å². The minimum atomic E-state index is -0.396. The van der Waals surface area contributed by atoms with E-state index in [2.05, 4.69) is 15.3 Å². The fourth-order valence-corrected chi connectivity index (χ4v) is 2.24. The minimum Gasteiger partial charge on any atom is -0.361 e. The number of fused-ring (bicyclic) bond motifs is 1. The lowest BCUT2D eigenvalue weighted by molar-refractivity contribution is 0.102. The molecule has 0 bridgehead atoms. The number of aromatic amines is 1. The van der Waals surface area contributed by atoms with Crippen molar-refractivity contribution in [1.29, 1.82) is 0 Å². The first-order valence-electron chi connectivity index (χ1n) is 5.84. The van der Waals surface area contributed by atoms with Gasteiger partial charge < -0.3 is 10.3 Å². The SMILES string of the molecule is O=C(Nc1ccc2[nH]ccc2c1)c1nc(Cl)ccc1Cl. The predicted octanol–water partition coefficient (Wildman–Crippen LogP) is 4.12. The molecule has 0 saturated heterocycles. The summed E-state index contributed by atoms with van der Waals surface area (Å²) in [6, 6.07) is 10.6. The Hall–Kier alpha value is -2.04. The van der Waals surface area contributed by atoms with Gasteiger partial charge in [0.1, 0.15) is 10.8 Å².